The van der Waals surface area contributed by atoms with Gasteiger partial charge in [0.05, 0.1) is 11.4 Å². The van der Waals surface area contributed by atoms with Crippen molar-refractivity contribution in [2.24, 2.45) is 0 Å². The Hall–Kier alpha value is -1.10. The summed E-state index contributed by atoms with van der Waals surface area (Å²) in [7, 11) is 1.56. The summed E-state index contributed by atoms with van der Waals surface area (Å²) in [6, 6.07) is 8.61. The normalized spacial score (nSPS) is 12.4. The molecule has 0 amide bonds. The molecular formula is C15H17ClFNOS. The van der Waals surface area contributed by atoms with Gasteiger partial charge in [0, 0.05) is 22.9 Å². The predicted molar refractivity (Wildman–Crippen MR) is 82.4 cm³/mol. The van der Waals surface area contributed by atoms with Crippen molar-refractivity contribution in [2.75, 3.05) is 13.7 Å². The van der Waals surface area contributed by atoms with Crippen molar-refractivity contribution in [1.29, 1.82) is 0 Å². The number of nitrogens with one attached hydrogen (secondary N) is 1. The minimum Gasteiger partial charge on any atom is -0.496 e. The van der Waals surface area contributed by atoms with Crippen molar-refractivity contribution >= 4 is 22.9 Å². The molecule has 5 heteroatoms. The number of hydrogen-bond acceptors (Lipinski definition) is 3. The first-order valence-electron chi connectivity index (χ1n) is 6.45. The van der Waals surface area contributed by atoms with Crippen LogP contribution < -0.4 is 10.1 Å². The van der Waals surface area contributed by atoms with Crippen LogP contribution in [0.25, 0.3) is 0 Å². The molecule has 0 saturated heterocycles. The van der Waals surface area contributed by atoms with Crippen molar-refractivity contribution < 1.29 is 9.13 Å². The largest absolute Gasteiger partial charge is 0.496 e. The molecular weight excluding hydrogens is 297 g/mol. The van der Waals surface area contributed by atoms with Crippen molar-refractivity contribution in [3.05, 3.63) is 50.9 Å². The van der Waals surface area contributed by atoms with Gasteiger partial charge in [-0.3, -0.25) is 0 Å². The fourth-order valence-electron chi connectivity index (χ4n) is 2.22. The fourth-order valence-corrected chi connectivity index (χ4v) is 3.35. The molecule has 0 aliphatic carbocycles. The highest BCUT2D eigenvalue weighted by atomic mass is 35.5. The first-order valence-corrected chi connectivity index (χ1v) is 7.65. The molecule has 2 rings (SSSR count). The van der Waals surface area contributed by atoms with Crippen LogP contribution >= 0.6 is 22.9 Å². The van der Waals surface area contributed by atoms with Gasteiger partial charge in [0.25, 0.3) is 0 Å². The maximum absolute atomic E-state index is 14.2. The Kier molecular flexibility index (Phi) is 5.40. The lowest BCUT2D eigenvalue weighted by Gasteiger charge is -2.20. The molecule has 0 saturated carbocycles. The van der Waals surface area contributed by atoms with Gasteiger partial charge in [0.15, 0.2) is 0 Å². The van der Waals surface area contributed by atoms with E-state index in [1.54, 1.807) is 19.2 Å². The van der Waals surface area contributed by atoms with Gasteiger partial charge in [-0.05, 0) is 30.8 Å². The Morgan fingerprint density at radius 1 is 1.35 bits per heavy atom. The average Bonchev–Trinajstić information content (AvgIpc) is 2.83. The number of ether oxygens (including phenoxy) is 1. The molecule has 0 spiro atoms. The lowest BCUT2D eigenvalue weighted by Crippen LogP contribution is -2.24. The van der Waals surface area contributed by atoms with E-state index in [-0.39, 0.29) is 11.9 Å². The highest BCUT2D eigenvalue weighted by Crippen LogP contribution is 2.32. The minimum absolute atomic E-state index is 0.133. The Morgan fingerprint density at radius 2 is 2.15 bits per heavy atom. The maximum atomic E-state index is 14.2. The number of likely N-dealkylation sites (N-methyl/N-ethyl adjacent to an activating group) is 1. The number of hydrogen-bond donors (Lipinski definition) is 1. The Labute approximate surface area is 127 Å². The standard InChI is InChI=1S/C15H17ClFNOS/c1-3-18-12(9-10-7-8-14(16)20-10)15-11(17)5-4-6-13(15)19-2/h4-8,12,18H,3,9H2,1-2H3. The molecule has 0 bridgehead atoms. The second-order valence-electron chi connectivity index (χ2n) is 4.38. The van der Waals surface area contributed by atoms with E-state index in [0.717, 1.165) is 15.8 Å². The third-order valence-corrected chi connectivity index (χ3v) is 4.32. The summed E-state index contributed by atoms with van der Waals surface area (Å²) < 4.78 is 20.2. The Morgan fingerprint density at radius 3 is 2.75 bits per heavy atom. The fraction of sp³-hybridized carbons (Fsp3) is 0.333. The average molecular weight is 314 g/mol. The smallest absolute Gasteiger partial charge is 0.131 e. The zero-order chi connectivity index (χ0) is 14.5. The molecule has 108 valence electrons. The predicted octanol–water partition coefficient (Wildman–Crippen LogP) is 4.44. The molecule has 1 aromatic heterocycles. The van der Waals surface area contributed by atoms with E-state index in [4.69, 9.17) is 16.3 Å². The minimum atomic E-state index is -0.252. The molecule has 1 unspecified atom stereocenters. The molecule has 2 aromatic rings. The van der Waals surface area contributed by atoms with Gasteiger partial charge in [0.2, 0.25) is 0 Å². The second kappa shape index (κ2) is 7.07. The summed E-state index contributed by atoms with van der Waals surface area (Å²) >= 11 is 7.47. The van der Waals surface area contributed by atoms with Crippen LogP contribution in [-0.2, 0) is 6.42 Å². The van der Waals surface area contributed by atoms with Gasteiger partial charge in [-0.25, -0.2) is 4.39 Å². The van der Waals surface area contributed by atoms with Crippen LogP contribution in [-0.4, -0.2) is 13.7 Å². The van der Waals surface area contributed by atoms with E-state index in [0.29, 0.717) is 17.7 Å². The van der Waals surface area contributed by atoms with Crippen molar-refractivity contribution in [1.82, 2.24) is 5.32 Å². The lowest BCUT2D eigenvalue weighted by molar-refractivity contribution is 0.391. The summed E-state index contributed by atoms with van der Waals surface area (Å²) in [5.41, 5.74) is 0.571. The maximum Gasteiger partial charge on any atom is 0.131 e. The van der Waals surface area contributed by atoms with Crippen LogP contribution in [0.4, 0.5) is 4.39 Å². The number of benzene rings is 1. The van der Waals surface area contributed by atoms with Crippen LogP contribution in [0.2, 0.25) is 4.34 Å². The number of methoxy groups -OCH3 is 1. The zero-order valence-corrected chi connectivity index (χ0v) is 13.0. The van der Waals surface area contributed by atoms with Crippen LogP contribution in [0.3, 0.4) is 0 Å². The summed E-state index contributed by atoms with van der Waals surface area (Å²) in [6.45, 7) is 2.75. The Bertz CT molecular complexity index is 573. The summed E-state index contributed by atoms with van der Waals surface area (Å²) in [6.07, 6.45) is 0.683. The van der Waals surface area contributed by atoms with Crippen molar-refractivity contribution in [2.45, 2.75) is 19.4 Å². The van der Waals surface area contributed by atoms with Crippen LogP contribution in [0.5, 0.6) is 5.75 Å². The molecule has 1 aromatic carbocycles. The van der Waals surface area contributed by atoms with Crippen LogP contribution in [0.15, 0.2) is 30.3 Å². The third kappa shape index (κ3) is 3.51. The molecule has 1 atom stereocenters. The van der Waals surface area contributed by atoms with Crippen molar-refractivity contribution in [3.8, 4) is 5.75 Å². The molecule has 0 fully saturated rings. The van der Waals surface area contributed by atoms with Crippen LogP contribution in [0.1, 0.15) is 23.4 Å². The topological polar surface area (TPSA) is 21.3 Å². The molecule has 1 heterocycles. The van der Waals surface area contributed by atoms with E-state index < -0.39 is 0 Å². The van der Waals surface area contributed by atoms with E-state index in [1.807, 2.05) is 19.1 Å². The summed E-state index contributed by atoms with van der Waals surface area (Å²) in [5.74, 6) is 0.316. The number of thiophene rings is 1. The highest BCUT2D eigenvalue weighted by Gasteiger charge is 2.20. The molecule has 0 aliphatic heterocycles. The molecule has 20 heavy (non-hydrogen) atoms. The van der Waals surface area contributed by atoms with Gasteiger partial charge in [-0.1, -0.05) is 24.6 Å². The highest BCUT2D eigenvalue weighted by molar-refractivity contribution is 7.16. The first kappa shape index (κ1) is 15.3. The van der Waals surface area contributed by atoms with Gasteiger partial charge >= 0.3 is 0 Å². The van der Waals surface area contributed by atoms with Crippen LogP contribution in [0, 0.1) is 5.82 Å². The lowest BCUT2D eigenvalue weighted by atomic mass is 10.0. The zero-order valence-electron chi connectivity index (χ0n) is 11.5. The molecule has 0 aliphatic rings. The van der Waals surface area contributed by atoms with Gasteiger partial charge in [-0.2, -0.15) is 0 Å². The summed E-state index contributed by atoms with van der Waals surface area (Å²) in [4.78, 5) is 1.12. The SMILES string of the molecule is CCNC(Cc1ccc(Cl)s1)c1c(F)cccc1OC. The summed E-state index contributed by atoms with van der Waals surface area (Å²) in [5, 5.41) is 3.32. The van der Waals surface area contributed by atoms with E-state index in [2.05, 4.69) is 5.32 Å². The van der Waals surface area contributed by atoms with E-state index in [1.165, 1.54) is 17.4 Å². The van der Waals surface area contributed by atoms with Gasteiger partial charge in [0.1, 0.15) is 11.6 Å². The van der Waals surface area contributed by atoms with E-state index in [9.17, 15) is 4.39 Å². The first-order chi connectivity index (χ1) is 9.65. The van der Waals surface area contributed by atoms with Gasteiger partial charge < -0.3 is 10.1 Å². The van der Waals surface area contributed by atoms with E-state index >= 15 is 0 Å². The van der Waals surface area contributed by atoms with Gasteiger partial charge in [-0.15, -0.1) is 11.3 Å². The molecule has 2 nitrogen and oxygen atoms in total. The quantitative estimate of drug-likeness (QED) is 0.851. The number of rotatable bonds is 6. The Balaban J connectivity index is 2.33. The monoisotopic (exact) mass is 313 g/mol. The van der Waals surface area contributed by atoms with Crippen molar-refractivity contribution in [3.63, 3.8) is 0 Å². The molecule has 1 N–H and O–H groups in total. The number of halogens is 2. The second-order valence-corrected chi connectivity index (χ2v) is 6.18. The molecule has 0 radical (unpaired) electrons. The third-order valence-electron chi connectivity index (χ3n) is 3.07.